The summed E-state index contributed by atoms with van der Waals surface area (Å²) in [4.78, 5) is 0.332. The maximum Gasteiger partial charge on any atom is 0.458 e. The average molecular weight is 334 g/mol. The summed E-state index contributed by atoms with van der Waals surface area (Å²) in [6, 6.07) is 6.31. The number of aromatic nitrogens is 3. The van der Waals surface area contributed by atoms with Gasteiger partial charge in [-0.1, -0.05) is 83.8 Å². The predicted octanol–water partition coefficient (Wildman–Crippen LogP) is 3.62. The molecule has 0 aliphatic carbocycles. The molecular weight excluding hydrogens is 304 g/mol. The molecule has 0 saturated heterocycles. The summed E-state index contributed by atoms with van der Waals surface area (Å²) in [6.07, 6.45) is 13.0. The van der Waals surface area contributed by atoms with E-state index in [1.165, 1.54) is 69.9 Å². The van der Waals surface area contributed by atoms with Crippen LogP contribution in [-0.4, -0.2) is 5.10 Å². The molecule has 0 spiro atoms. The molecule has 2 N–H and O–H groups in total. The molecule has 24 heavy (non-hydrogen) atoms. The highest BCUT2D eigenvalue weighted by Crippen LogP contribution is 2.08. The third-order valence-corrected chi connectivity index (χ3v) is 3.92. The van der Waals surface area contributed by atoms with Gasteiger partial charge in [-0.05, 0) is 6.07 Å². The zero-order chi connectivity index (χ0) is 17.8. The van der Waals surface area contributed by atoms with Crippen molar-refractivity contribution in [2.24, 2.45) is 0 Å². The van der Waals surface area contributed by atoms with Crippen LogP contribution >= 0.6 is 0 Å². The molecule has 0 fully saturated rings. The Kier molecular flexibility index (Phi) is 9.49. The second-order valence-electron chi connectivity index (χ2n) is 5.99. The number of benzene rings is 1. The summed E-state index contributed by atoms with van der Waals surface area (Å²) >= 11 is 0. The van der Waals surface area contributed by atoms with Gasteiger partial charge in [0, 0.05) is 10.9 Å². The number of anilines is 1. The highest BCUT2D eigenvalue weighted by atomic mass is 16.5. The third-order valence-electron chi connectivity index (χ3n) is 3.92. The number of hydrogen-bond donors (Lipinski definition) is 1. The second kappa shape index (κ2) is 11.4. The monoisotopic (exact) mass is 334 g/mol. The minimum Gasteiger partial charge on any atom is -0.739 e. The van der Waals surface area contributed by atoms with E-state index < -0.39 is 0 Å². The normalized spacial score (nSPS) is 10.4. The number of nitrogens with two attached hydrogens (primary N) is 1. The lowest BCUT2D eigenvalue weighted by Crippen LogP contribution is -2.44. The van der Waals surface area contributed by atoms with Crippen LogP contribution in [0.1, 0.15) is 71.6 Å². The molecule has 0 unspecified atom stereocenters. The van der Waals surface area contributed by atoms with Gasteiger partial charge in [0.25, 0.3) is 5.52 Å². The fourth-order valence-corrected chi connectivity index (χ4v) is 2.49. The Bertz CT molecular complexity index is 597. The van der Waals surface area contributed by atoms with E-state index >= 15 is 0 Å². The van der Waals surface area contributed by atoms with Crippen molar-refractivity contribution in [2.75, 3.05) is 5.73 Å². The van der Waals surface area contributed by atoms with E-state index in [0.717, 1.165) is 0 Å². The van der Waals surface area contributed by atoms with Crippen molar-refractivity contribution in [3.63, 3.8) is 0 Å². The average Bonchev–Trinajstić information content (AvgIpc) is 2.60. The van der Waals surface area contributed by atoms with Crippen molar-refractivity contribution in [2.45, 2.75) is 71.6 Å². The fourth-order valence-electron chi connectivity index (χ4n) is 2.49. The topological polar surface area (TPSA) is 92.8 Å². The van der Waals surface area contributed by atoms with Gasteiger partial charge in [0.1, 0.15) is 0 Å². The number of rotatable bonds is 8. The van der Waals surface area contributed by atoms with Crippen LogP contribution in [0.2, 0.25) is 0 Å². The summed E-state index contributed by atoms with van der Waals surface area (Å²) in [5.41, 5.74) is 5.62. The molecule has 1 heterocycles. The molecule has 2 aromatic rings. The number of nitrogens with zero attached hydrogens (tertiary/aromatic N) is 3. The van der Waals surface area contributed by atoms with Gasteiger partial charge in [-0.2, -0.15) is 0 Å². The predicted molar refractivity (Wildman–Crippen MR) is 97.0 cm³/mol. The van der Waals surface area contributed by atoms with Gasteiger partial charge >= 0.3 is 5.95 Å². The summed E-state index contributed by atoms with van der Waals surface area (Å²) in [6.45, 7) is 4.55. The Morgan fingerprint density at radius 3 is 1.79 bits per heavy atom. The first-order valence-electron chi connectivity index (χ1n) is 8.99. The number of fused-ring (bicyclic) bond motifs is 1. The van der Waals surface area contributed by atoms with Crippen LogP contribution < -0.4 is 15.3 Å². The van der Waals surface area contributed by atoms with Crippen molar-refractivity contribution in [1.29, 1.82) is 0 Å². The molecule has 0 saturated carbocycles. The van der Waals surface area contributed by atoms with Crippen LogP contribution in [0, 0.1) is 10.4 Å². The van der Waals surface area contributed by atoms with Crippen LogP contribution in [0.4, 0.5) is 5.95 Å². The van der Waals surface area contributed by atoms with Gasteiger partial charge in [-0.25, -0.2) is 4.73 Å². The standard InChI is InChI=1S/C11H24.C7H6N4O2/c1-3-5-7-9-11-10-8-6-4-2;8-7-9-11(13)6-4-2-1-3-5(6)10(7)12/h3-11H2,1-2H3;1-4H,(H2,8,9). The number of nitrogen functional groups attached to an aromatic ring is 1. The van der Waals surface area contributed by atoms with E-state index in [1.54, 1.807) is 12.1 Å². The number of para-hydroxylation sites is 2. The van der Waals surface area contributed by atoms with Crippen LogP contribution in [-0.2, 0) is 0 Å². The van der Waals surface area contributed by atoms with Gasteiger partial charge in [0.15, 0.2) is 5.52 Å². The highest BCUT2D eigenvalue weighted by molar-refractivity contribution is 5.67. The Morgan fingerprint density at radius 2 is 1.29 bits per heavy atom. The Hall–Kier alpha value is -2.11. The zero-order valence-electron chi connectivity index (χ0n) is 14.9. The summed E-state index contributed by atoms with van der Waals surface area (Å²) in [7, 11) is 0. The molecule has 0 aliphatic rings. The quantitative estimate of drug-likeness (QED) is 0.453. The van der Waals surface area contributed by atoms with E-state index in [-0.39, 0.29) is 17.0 Å². The maximum absolute atomic E-state index is 11.3. The van der Waals surface area contributed by atoms with E-state index in [9.17, 15) is 10.4 Å². The summed E-state index contributed by atoms with van der Waals surface area (Å²) in [5, 5.41) is 25.7. The van der Waals surface area contributed by atoms with E-state index in [0.29, 0.717) is 9.58 Å². The molecule has 134 valence electrons. The van der Waals surface area contributed by atoms with Gasteiger partial charge < -0.3 is 10.4 Å². The highest BCUT2D eigenvalue weighted by Gasteiger charge is 2.15. The van der Waals surface area contributed by atoms with Crippen LogP contribution in [0.5, 0.6) is 0 Å². The molecule has 1 aromatic carbocycles. The summed E-state index contributed by atoms with van der Waals surface area (Å²) in [5.74, 6) is -0.353. The van der Waals surface area contributed by atoms with Gasteiger partial charge in [-0.3, -0.25) is 5.73 Å². The maximum atomic E-state index is 11.3. The molecule has 2 rings (SSSR count). The van der Waals surface area contributed by atoms with Crippen molar-refractivity contribution >= 4 is 17.0 Å². The second-order valence-corrected chi connectivity index (χ2v) is 5.99. The van der Waals surface area contributed by atoms with Gasteiger partial charge in [0.2, 0.25) is 5.10 Å². The first-order chi connectivity index (χ1) is 11.6. The van der Waals surface area contributed by atoms with E-state index in [2.05, 4.69) is 18.9 Å². The molecule has 1 aromatic heterocycles. The Balaban J connectivity index is 0.000000245. The first kappa shape index (κ1) is 19.9. The molecule has 6 nitrogen and oxygen atoms in total. The Labute approximate surface area is 144 Å². The summed E-state index contributed by atoms with van der Waals surface area (Å²) < 4.78 is 0.420. The lowest BCUT2D eigenvalue weighted by molar-refractivity contribution is -0.672. The fraction of sp³-hybridized carbons (Fsp3) is 0.611. The van der Waals surface area contributed by atoms with Gasteiger partial charge in [-0.15, -0.1) is 0 Å². The zero-order valence-corrected chi connectivity index (χ0v) is 14.9. The smallest absolute Gasteiger partial charge is 0.458 e. The minimum atomic E-state index is -0.353. The van der Waals surface area contributed by atoms with Crippen LogP contribution in [0.25, 0.3) is 11.0 Å². The number of hydrogen-bond acceptors (Lipinski definition) is 4. The lowest BCUT2D eigenvalue weighted by Gasteiger charge is -2.05. The molecule has 0 radical (unpaired) electrons. The van der Waals surface area contributed by atoms with Crippen LogP contribution in [0.15, 0.2) is 24.3 Å². The molecular formula is C18H30N4O2. The molecule has 0 aliphatic heterocycles. The number of unbranched alkanes of at least 4 members (excludes halogenated alkanes) is 8. The van der Waals surface area contributed by atoms with Crippen molar-refractivity contribution in [3.05, 3.63) is 34.7 Å². The minimum absolute atomic E-state index is 0.201. The molecule has 0 bridgehead atoms. The lowest BCUT2D eigenvalue weighted by atomic mass is 10.1. The van der Waals surface area contributed by atoms with Crippen molar-refractivity contribution < 1.29 is 9.58 Å². The van der Waals surface area contributed by atoms with Crippen molar-refractivity contribution in [3.8, 4) is 0 Å². The molecule has 0 atom stereocenters. The third kappa shape index (κ3) is 6.56. The van der Waals surface area contributed by atoms with E-state index in [4.69, 9.17) is 5.73 Å². The van der Waals surface area contributed by atoms with Gasteiger partial charge in [0.05, 0.1) is 0 Å². The molecule has 6 heteroatoms. The van der Waals surface area contributed by atoms with Crippen LogP contribution in [0.3, 0.4) is 0 Å². The largest absolute Gasteiger partial charge is 0.739 e. The SMILES string of the molecule is CCCCCCCCCCC.Nc1n[n+]([O-])c2ccccc2[n+]1[O-]. The first-order valence-corrected chi connectivity index (χ1v) is 8.99. The van der Waals surface area contributed by atoms with Crippen molar-refractivity contribution in [1.82, 2.24) is 5.10 Å². The Morgan fingerprint density at radius 1 is 0.833 bits per heavy atom. The molecule has 0 amide bonds. The van der Waals surface area contributed by atoms with E-state index in [1.807, 2.05) is 0 Å².